The second-order valence-corrected chi connectivity index (χ2v) is 11.5. The Labute approximate surface area is 223 Å². The molecule has 37 heavy (non-hydrogen) atoms. The molecular weight excluding hydrogens is 456 g/mol. The first kappa shape index (κ1) is 26.0. The second-order valence-electron chi connectivity index (χ2n) is 11.5. The first-order valence-electron chi connectivity index (χ1n) is 14.3. The second kappa shape index (κ2) is 12.3. The van der Waals surface area contributed by atoms with E-state index in [2.05, 4.69) is 82.5 Å². The lowest BCUT2D eigenvalue weighted by atomic mass is 9.97. The number of rotatable bonds is 11. The van der Waals surface area contributed by atoms with E-state index in [1.165, 1.54) is 61.0 Å². The van der Waals surface area contributed by atoms with Crippen molar-refractivity contribution in [1.29, 1.82) is 0 Å². The SMILES string of the molecule is CC(=Cc1ccccc1)CN(CCC1CCCN1C)C(=O)CNc1cccc2c1CCN(CC1CC1)C2. The van der Waals surface area contributed by atoms with Crippen LogP contribution in [0.3, 0.4) is 0 Å². The number of amides is 1. The molecule has 0 spiro atoms. The van der Waals surface area contributed by atoms with Crippen LogP contribution in [0.4, 0.5) is 5.69 Å². The Kier molecular flexibility index (Phi) is 8.62. The van der Waals surface area contributed by atoms with Crippen molar-refractivity contribution in [2.75, 3.05) is 51.6 Å². The third-order valence-electron chi connectivity index (χ3n) is 8.40. The van der Waals surface area contributed by atoms with Crippen molar-refractivity contribution in [3.63, 3.8) is 0 Å². The van der Waals surface area contributed by atoms with Gasteiger partial charge in [0, 0.05) is 44.5 Å². The molecule has 5 rings (SSSR count). The predicted octanol–water partition coefficient (Wildman–Crippen LogP) is 5.28. The molecule has 5 nitrogen and oxygen atoms in total. The maximum atomic E-state index is 13.6. The van der Waals surface area contributed by atoms with E-state index >= 15 is 0 Å². The van der Waals surface area contributed by atoms with E-state index in [1.54, 1.807) is 0 Å². The fraction of sp³-hybridized carbons (Fsp3) is 0.531. The lowest BCUT2D eigenvalue weighted by Gasteiger charge is -2.30. The van der Waals surface area contributed by atoms with Gasteiger partial charge in [0.15, 0.2) is 0 Å². The van der Waals surface area contributed by atoms with Gasteiger partial charge in [-0.1, -0.05) is 54.1 Å². The number of nitrogens with one attached hydrogen (secondary N) is 1. The number of carbonyl (C=O) groups excluding carboxylic acids is 1. The molecule has 5 heteroatoms. The topological polar surface area (TPSA) is 38.8 Å². The van der Waals surface area contributed by atoms with Crippen LogP contribution in [0.15, 0.2) is 54.1 Å². The zero-order valence-electron chi connectivity index (χ0n) is 22.8. The average molecular weight is 501 g/mol. The summed E-state index contributed by atoms with van der Waals surface area (Å²) in [4.78, 5) is 20.7. The van der Waals surface area contributed by atoms with Crippen LogP contribution < -0.4 is 5.32 Å². The molecule has 1 unspecified atom stereocenters. The van der Waals surface area contributed by atoms with Crippen LogP contribution in [0.5, 0.6) is 0 Å². The van der Waals surface area contributed by atoms with E-state index < -0.39 is 0 Å². The molecular formula is C32H44N4O. The van der Waals surface area contributed by atoms with Crippen molar-refractivity contribution in [3.8, 4) is 0 Å². The van der Waals surface area contributed by atoms with Gasteiger partial charge in [-0.2, -0.15) is 0 Å². The minimum atomic E-state index is 0.185. The highest BCUT2D eigenvalue weighted by molar-refractivity contribution is 5.81. The third-order valence-corrected chi connectivity index (χ3v) is 8.40. The van der Waals surface area contributed by atoms with Gasteiger partial charge in [0.1, 0.15) is 0 Å². The molecule has 2 aromatic carbocycles. The van der Waals surface area contributed by atoms with E-state index in [0.717, 1.165) is 44.1 Å². The monoisotopic (exact) mass is 500 g/mol. The van der Waals surface area contributed by atoms with Crippen molar-refractivity contribution >= 4 is 17.7 Å². The van der Waals surface area contributed by atoms with Crippen LogP contribution in [-0.4, -0.2) is 73.0 Å². The minimum absolute atomic E-state index is 0.185. The van der Waals surface area contributed by atoms with Gasteiger partial charge in [0.05, 0.1) is 6.54 Å². The van der Waals surface area contributed by atoms with E-state index in [4.69, 9.17) is 0 Å². The number of nitrogens with zero attached hydrogens (tertiary/aromatic N) is 3. The highest BCUT2D eigenvalue weighted by Gasteiger charge is 2.27. The molecule has 1 saturated heterocycles. The summed E-state index contributed by atoms with van der Waals surface area (Å²) in [5, 5.41) is 3.54. The summed E-state index contributed by atoms with van der Waals surface area (Å²) in [6, 6.07) is 17.6. The summed E-state index contributed by atoms with van der Waals surface area (Å²) in [5.74, 6) is 1.11. The van der Waals surface area contributed by atoms with Crippen LogP contribution in [0.25, 0.3) is 6.08 Å². The van der Waals surface area contributed by atoms with E-state index in [9.17, 15) is 4.79 Å². The van der Waals surface area contributed by atoms with E-state index in [0.29, 0.717) is 19.1 Å². The first-order chi connectivity index (χ1) is 18.0. The van der Waals surface area contributed by atoms with Crippen LogP contribution >= 0.6 is 0 Å². The molecule has 2 heterocycles. The Hall–Kier alpha value is -2.63. The zero-order valence-corrected chi connectivity index (χ0v) is 22.8. The molecule has 0 radical (unpaired) electrons. The van der Waals surface area contributed by atoms with Crippen molar-refractivity contribution in [2.24, 2.45) is 5.92 Å². The Balaban J connectivity index is 1.22. The lowest BCUT2D eigenvalue weighted by molar-refractivity contribution is -0.129. The minimum Gasteiger partial charge on any atom is -0.376 e. The van der Waals surface area contributed by atoms with E-state index in [1.807, 2.05) is 6.07 Å². The molecule has 0 aromatic heterocycles. The van der Waals surface area contributed by atoms with Crippen molar-refractivity contribution in [2.45, 2.75) is 58.0 Å². The normalized spacial score (nSPS) is 20.6. The fourth-order valence-corrected chi connectivity index (χ4v) is 6.06. The molecule has 0 bridgehead atoms. The van der Waals surface area contributed by atoms with Gasteiger partial charge in [-0.3, -0.25) is 9.69 Å². The Bertz CT molecular complexity index is 1080. The van der Waals surface area contributed by atoms with Crippen LogP contribution in [0.2, 0.25) is 0 Å². The highest BCUT2D eigenvalue weighted by Crippen LogP contribution is 2.33. The van der Waals surface area contributed by atoms with Gasteiger partial charge in [0.2, 0.25) is 5.91 Å². The predicted molar refractivity (Wildman–Crippen MR) is 154 cm³/mol. The first-order valence-corrected chi connectivity index (χ1v) is 14.3. The average Bonchev–Trinajstić information content (AvgIpc) is 3.63. The van der Waals surface area contributed by atoms with Gasteiger partial charge < -0.3 is 15.1 Å². The van der Waals surface area contributed by atoms with E-state index in [-0.39, 0.29) is 5.91 Å². The summed E-state index contributed by atoms with van der Waals surface area (Å²) in [6.45, 7) is 8.56. The number of anilines is 1. The number of fused-ring (bicyclic) bond motifs is 1. The van der Waals surface area contributed by atoms with Crippen LogP contribution in [0, 0.1) is 5.92 Å². The standard InChI is InChI=1S/C32H44N4O/c1-25(20-26-8-4-3-5-9-26)22-36(19-15-29-11-7-17-34(29)2)32(37)21-33-31-12-6-10-28-24-35(18-16-30(28)31)23-27-13-14-27/h3-6,8-10,12,20,27,29,33H,7,11,13-19,21-24H2,1-2H3. The number of benzene rings is 2. The molecule has 2 fully saturated rings. The zero-order chi connectivity index (χ0) is 25.6. The quantitative estimate of drug-likeness (QED) is 0.455. The van der Waals surface area contributed by atoms with Crippen LogP contribution in [-0.2, 0) is 17.8 Å². The Morgan fingerprint density at radius 1 is 1.08 bits per heavy atom. The molecule has 2 aliphatic heterocycles. The molecule has 2 aromatic rings. The van der Waals surface area contributed by atoms with Crippen molar-refractivity contribution in [1.82, 2.24) is 14.7 Å². The van der Waals surface area contributed by atoms with Gasteiger partial charge in [-0.25, -0.2) is 0 Å². The fourth-order valence-electron chi connectivity index (χ4n) is 6.06. The maximum absolute atomic E-state index is 13.6. The summed E-state index contributed by atoms with van der Waals surface area (Å²) < 4.78 is 0. The van der Waals surface area contributed by atoms with Gasteiger partial charge in [0.25, 0.3) is 0 Å². The summed E-state index contributed by atoms with van der Waals surface area (Å²) in [6.07, 6.45) is 9.62. The summed E-state index contributed by atoms with van der Waals surface area (Å²) in [7, 11) is 2.22. The third kappa shape index (κ3) is 7.24. The maximum Gasteiger partial charge on any atom is 0.242 e. The van der Waals surface area contributed by atoms with Crippen molar-refractivity contribution in [3.05, 3.63) is 70.8 Å². The summed E-state index contributed by atoms with van der Waals surface area (Å²) in [5.41, 5.74) is 6.37. The van der Waals surface area contributed by atoms with Crippen LogP contribution in [0.1, 0.15) is 55.7 Å². The van der Waals surface area contributed by atoms with Gasteiger partial charge in [-0.05, 0) is 87.7 Å². The number of hydrogen-bond donors (Lipinski definition) is 1. The van der Waals surface area contributed by atoms with Crippen molar-refractivity contribution < 1.29 is 4.79 Å². The van der Waals surface area contributed by atoms with Gasteiger partial charge in [-0.15, -0.1) is 0 Å². The smallest absolute Gasteiger partial charge is 0.242 e. The summed E-state index contributed by atoms with van der Waals surface area (Å²) >= 11 is 0. The molecule has 1 aliphatic carbocycles. The molecule has 3 aliphatic rings. The molecule has 1 atom stereocenters. The molecule has 198 valence electrons. The lowest BCUT2D eigenvalue weighted by Crippen LogP contribution is -2.40. The largest absolute Gasteiger partial charge is 0.376 e. The number of likely N-dealkylation sites (tertiary alicyclic amines) is 1. The molecule has 1 saturated carbocycles. The Morgan fingerprint density at radius 3 is 2.68 bits per heavy atom. The highest BCUT2D eigenvalue weighted by atomic mass is 16.2. The number of hydrogen-bond acceptors (Lipinski definition) is 4. The molecule has 1 amide bonds. The number of carbonyl (C=O) groups is 1. The van der Waals surface area contributed by atoms with Gasteiger partial charge >= 0.3 is 0 Å². The Morgan fingerprint density at radius 2 is 1.92 bits per heavy atom. The molecule has 1 N–H and O–H groups in total.